The van der Waals surface area contributed by atoms with E-state index in [2.05, 4.69) is 4.98 Å². The minimum absolute atomic E-state index is 0.142. The summed E-state index contributed by atoms with van der Waals surface area (Å²) in [5.41, 5.74) is 13.5. The molecule has 18 heavy (non-hydrogen) atoms. The molecule has 1 aromatic carbocycles. The fourth-order valence-electron chi connectivity index (χ4n) is 1.70. The second-order valence-electron chi connectivity index (χ2n) is 3.86. The zero-order valence-electron chi connectivity index (χ0n) is 9.63. The fraction of sp³-hybridized carbons (Fsp3) is 0.0769. The van der Waals surface area contributed by atoms with E-state index >= 15 is 0 Å². The number of carboxylic acids is 1. The van der Waals surface area contributed by atoms with E-state index in [1.807, 2.05) is 24.3 Å². The number of anilines is 1. The number of nitrogens with two attached hydrogens (primary N) is 2. The summed E-state index contributed by atoms with van der Waals surface area (Å²) in [5, 5.41) is 9.15. The summed E-state index contributed by atoms with van der Waals surface area (Å²) in [5.74, 6) is -0.836. The third-order valence-electron chi connectivity index (χ3n) is 2.66. The van der Waals surface area contributed by atoms with E-state index in [1.165, 1.54) is 12.3 Å². The van der Waals surface area contributed by atoms with Crippen LogP contribution in [0.5, 0.6) is 0 Å². The Kier molecular flexibility index (Phi) is 3.25. The molecule has 0 spiro atoms. The standard InChI is InChI=1S/C13H13N3O2/c14-6-8-1-3-9(4-2-8)11-7-16-12(15)5-10(11)13(17)18/h1-5,7H,6,14H2,(H2,15,16)(H,17,18). The Morgan fingerprint density at radius 3 is 2.50 bits per heavy atom. The minimum atomic E-state index is -1.03. The lowest BCUT2D eigenvalue weighted by molar-refractivity contribution is 0.0697. The van der Waals surface area contributed by atoms with Crippen molar-refractivity contribution in [3.63, 3.8) is 0 Å². The molecular formula is C13H13N3O2. The summed E-state index contributed by atoms with van der Waals surface area (Å²) in [6.07, 6.45) is 1.47. The maximum Gasteiger partial charge on any atom is 0.336 e. The molecule has 2 rings (SSSR count). The Balaban J connectivity index is 2.52. The van der Waals surface area contributed by atoms with Gasteiger partial charge in [0, 0.05) is 18.3 Å². The molecule has 0 amide bonds. The van der Waals surface area contributed by atoms with Gasteiger partial charge in [-0.25, -0.2) is 9.78 Å². The van der Waals surface area contributed by atoms with Crippen molar-refractivity contribution in [3.8, 4) is 11.1 Å². The molecule has 92 valence electrons. The zero-order chi connectivity index (χ0) is 13.1. The normalized spacial score (nSPS) is 10.3. The van der Waals surface area contributed by atoms with E-state index in [0.717, 1.165) is 11.1 Å². The predicted molar refractivity (Wildman–Crippen MR) is 68.9 cm³/mol. The number of nitrogens with zero attached hydrogens (tertiary/aromatic N) is 1. The van der Waals surface area contributed by atoms with Gasteiger partial charge in [0.25, 0.3) is 0 Å². The highest BCUT2D eigenvalue weighted by Gasteiger charge is 2.12. The Morgan fingerprint density at radius 2 is 1.94 bits per heavy atom. The van der Waals surface area contributed by atoms with Gasteiger partial charge in [0.05, 0.1) is 5.56 Å². The van der Waals surface area contributed by atoms with Crippen molar-refractivity contribution in [3.05, 3.63) is 47.7 Å². The fourth-order valence-corrected chi connectivity index (χ4v) is 1.70. The van der Waals surface area contributed by atoms with Crippen LogP contribution < -0.4 is 11.5 Å². The van der Waals surface area contributed by atoms with Gasteiger partial charge in [-0.05, 0) is 17.2 Å². The van der Waals surface area contributed by atoms with Crippen LogP contribution in [-0.2, 0) is 6.54 Å². The zero-order valence-corrected chi connectivity index (χ0v) is 9.63. The Bertz CT molecular complexity index is 579. The second-order valence-corrected chi connectivity index (χ2v) is 3.86. The summed E-state index contributed by atoms with van der Waals surface area (Å²) in [4.78, 5) is 15.1. The van der Waals surface area contributed by atoms with Crippen molar-refractivity contribution in [2.24, 2.45) is 5.73 Å². The quantitative estimate of drug-likeness (QED) is 0.757. The van der Waals surface area contributed by atoms with E-state index in [4.69, 9.17) is 16.6 Å². The van der Waals surface area contributed by atoms with Gasteiger partial charge in [-0.15, -0.1) is 0 Å². The maximum absolute atomic E-state index is 11.2. The third kappa shape index (κ3) is 2.31. The predicted octanol–water partition coefficient (Wildman–Crippen LogP) is 1.49. The number of pyridine rings is 1. The molecule has 1 aromatic heterocycles. The molecule has 0 aliphatic rings. The van der Waals surface area contributed by atoms with Crippen LogP contribution in [0.15, 0.2) is 36.5 Å². The summed E-state index contributed by atoms with van der Waals surface area (Å²) in [7, 11) is 0. The van der Waals surface area contributed by atoms with Gasteiger partial charge < -0.3 is 16.6 Å². The topological polar surface area (TPSA) is 102 Å². The molecule has 0 saturated heterocycles. The number of aromatic nitrogens is 1. The first kappa shape index (κ1) is 12.1. The van der Waals surface area contributed by atoms with Crippen LogP contribution in [0.4, 0.5) is 5.82 Å². The molecule has 5 nitrogen and oxygen atoms in total. The number of hydrogen-bond donors (Lipinski definition) is 3. The molecule has 0 atom stereocenters. The SMILES string of the molecule is NCc1ccc(-c2cnc(N)cc2C(=O)O)cc1. The average Bonchev–Trinajstić information content (AvgIpc) is 2.39. The van der Waals surface area contributed by atoms with Crippen molar-refractivity contribution in [1.29, 1.82) is 0 Å². The molecule has 0 aliphatic heterocycles. The molecule has 0 aliphatic carbocycles. The number of carbonyl (C=O) groups is 1. The number of hydrogen-bond acceptors (Lipinski definition) is 4. The molecule has 5 N–H and O–H groups in total. The monoisotopic (exact) mass is 243 g/mol. The Morgan fingerprint density at radius 1 is 1.28 bits per heavy atom. The molecular weight excluding hydrogens is 230 g/mol. The summed E-state index contributed by atoms with van der Waals surface area (Å²) < 4.78 is 0. The van der Waals surface area contributed by atoms with Crippen LogP contribution in [0.3, 0.4) is 0 Å². The first-order chi connectivity index (χ1) is 8.61. The smallest absolute Gasteiger partial charge is 0.336 e. The molecule has 0 bridgehead atoms. The number of benzene rings is 1. The number of nitrogen functional groups attached to an aromatic ring is 1. The number of aromatic carboxylic acids is 1. The molecule has 0 fully saturated rings. The lowest BCUT2D eigenvalue weighted by Crippen LogP contribution is -2.03. The number of carboxylic acid groups (broad SMARTS) is 1. The average molecular weight is 243 g/mol. The van der Waals surface area contributed by atoms with Gasteiger partial charge in [0.2, 0.25) is 0 Å². The van der Waals surface area contributed by atoms with E-state index < -0.39 is 5.97 Å². The van der Waals surface area contributed by atoms with E-state index in [1.54, 1.807) is 0 Å². The van der Waals surface area contributed by atoms with Crippen LogP contribution in [0, 0.1) is 0 Å². The molecule has 0 unspecified atom stereocenters. The number of rotatable bonds is 3. The van der Waals surface area contributed by atoms with Gasteiger partial charge in [-0.1, -0.05) is 24.3 Å². The molecule has 2 aromatic rings. The Labute approximate surface area is 104 Å². The molecule has 0 radical (unpaired) electrons. The van der Waals surface area contributed by atoms with Crippen LogP contribution in [0.2, 0.25) is 0 Å². The van der Waals surface area contributed by atoms with E-state index in [-0.39, 0.29) is 11.4 Å². The molecule has 1 heterocycles. The largest absolute Gasteiger partial charge is 0.478 e. The lowest BCUT2D eigenvalue weighted by Gasteiger charge is -2.07. The van der Waals surface area contributed by atoms with Gasteiger partial charge >= 0.3 is 5.97 Å². The van der Waals surface area contributed by atoms with Crippen LogP contribution >= 0.6 is 0 Å². The maximum atomic E-state index is 11.2. The highest BCUT2D eigenvalue weighted by Crippen LogP contribution is 2.24. The van der Waals surface area contributed by atoms with E-state index in [0.29, 0.717) is 12.1 Å². The van der Waals surface area contributed by atoms with Crippen molar-refractivity contribution >= 4 is 11.8 Å². The third-order valence-corrected chi connectivity index (χ3v) is 2.66. The van der Waals surface area contributed by atoms with Gasteiger partial charge in [-0.3, -0.25) is 0 Å². The highest BCUT2D eigenvalue weighted by atomic mass is 16.4. The molecule has 0 saturated carbocycles. The first-order valence-corrected chi connectivity index (χ1v) is 5.40. The first-order valence-electron chi connectivity index (χ1n) is 5.40. The van der Waals surface area contributed by atoms with Crippen molar-refractivity contribution in [2.75, 3.05) is 5.73 Å². The summed E-state index contributed by atoms with van der Waals surface area (Å²) >= 11 is 0. The molecule has 5 heteroatoms. The highest BCUT2D eigenvalue weighted by molar-refractivity contribution is 5.96. The van der Waals surface area contributed by atoms with Crippen molar-refractivity contribution in [1.82, 2.24) is 4.98 Å². The van der Waals surface area contributed by atoms with Gasteiger partial charge in [0.15, 0.2) is 0 Å². The van der Waals surface area contributed by atoms with Gasteiger partial charge in [-0.2, -0.15) is 0 Å². The summed E-state index contributed by atoms with van der Waals surface area (Å²) in [6.45, 7) is 0.450. The van der Waals surface area contributed by atoms with E-state index in [9.17, 15) is 4.79 Å². The lowest BCUT2D eigenvalue weighted by atomic mass is 10.0. The van der Waals surface area contributed by atoms with Crippen LogP contribution in [-0.4, -0.2) is 16.1 Å². The van der Waals surface area contributed by atoms with Crippen LogP contribution in [0.25, 0.3) is 11.1 Å². The summed E-state index contributed by atoms with van der Waals surface area (Å²) in [6, 6.07) is 8.72. The van der Waals surface area contributed by atoms with Crippen molar-refractivity contribution in [2.45, 2.75) is 6.54 Å². The van der Waals surface area contributed by atoms with Crippen LogP contribution in [0.1, 0.15) is 15.9 Å². The van der Waals surface area contributed by atoms with Crippen molar-refractivity contribution < 1.29 is 9.90 Å². The Hall–Kier alpha value is -2.40. The van der Waals surface area contributed by atoms with Gasteiger partial charge in [0.1, 0.15) is 5.82 Å². The minimum Gasteiger partial charge on any atom is -0.478 e. The second kappa shape index (κ2) is 4.85.